The first-order valence-electron chi connectivity index (χ1n) is 7.56. The number of anilines is 1. The number of ether oxygens (including phenoxy) is 1. The summed E-state index contributed by atoms with van der Waals surface area (Å²) in [7, 11) is 0. The second kappa shape index (κ2) is 8.97. The first-order chi connectivity index (χ1) is 12.5. The van der Waals surface area contributed by atoms with Crippen molar-refractivity contribution in [2.24, 2.45) is 0 Å². The fourth-order valence-electron chi connectivity index (χ4n) is 2.03. The highest BCUT2D eigenvalue weighted by molar-refractivity contribution is 5.96. The topological polar surface area (TPSA) is 103 Å². The molecule has 134 valence electrons. The second-order valence-electron chi connectivity index (χ2n) is 5.00. The molecule has 0 radical (unpaired) electrons. The van der Waals surface area contributed by atoms with Gasteiger partial charge in [0, 0.05) is 18.3 Å². The average molecular weight is 356 g/mol. The number of carbonyl (C=O) groups is 2. The van der Waals surface area contributed by atoms with Gasteiger partial charge in [-0.3, -0.25) is 14.9 Å². The van der Waals surface area contributed by atoms with Crippen LogP contribution < -0.4 is 4.90 Å². The van der Waals surface area contributed by atoms with Crippen molar-refractivity contribution in [2.45, 2.75) is 0 Å². The van der Waals surface area contributed by atoms with Crippen LogP contribution in [0.4, 0.5) is 11.6 Å². The Balaban J connectivity index is 1.92. The molecule has 0 fully saturated rings. The van der Waals surface area contributed by atoms with Crippen molar-refractivity contribution in [1.82, 2.24) is 0 Å². The molecule has 0 aliphatic rings. The molecule has 8 nitrogen and oxygen atoms in total. The van der Waals surface area contributed by atoms with E-state index in [-0.39, 0.29) is 12.3 Å². The van der Waals surface area contributed by atoms with E-state index in [9.17, 15) is 19.7 Å². The number of amides is 1. The largest absolute Gasteiger partial charge is 0.452 e. The Bertz CT molecular complexity index is 825. The summed E-state index contributed by atoms with van der Waals surface area (Å²) in [5.41, 5.74) is 0.659. The smallest absolute Gasteiger partial charge is 0.433 e. The van der Waals surface area contributed by atoms with Crippen LogP contribution >= 0.6 is 0 Å². The van der Waals surface area contributed by atoms with Crippen LogP contribution in [0.25, 0.3) is 6.08 Å². The van der Waals surface area contributed by atoms with Gasteiger partial charge in [0.15, 0.2) is 6.61 Å². The highest BCUT2D eigenvalue weighted by Crippen LogP contribution is 2.17. The summed E-state index contributed by atoms with van der Waals surface area (Å²) in [6, 6.07) is 11.4. The molecule has 2 aromatic rings. The molecule has 2 rings (SSSR count). The van der Waals surface area contributed by atoms with Crippen molar-refractivity contribution in [3.8, 4) is 0 Å². The van der Waals surface area contributed by atoms with Crippen LogP contribution in [0.3, 0.4) is 0 Å². The molecule has 1 aromatic heterocycles. The molecule has 0 saturated carbocycles. The number of rotatable bonds is 8. The first kappa shape index (κ1) is 18.7. The van der Waals surface area contributed by atoms with Crippen molar-refractivity contribution in [3.63, 3.8) is 0 Å². The zero-order chi connectivity index (χ0) is 18.9. The van der Waals surface area contributed by atoms with Crippen molar-refractivity contribution < 1.29 is 23.7 Å². The van der Waals surface area contributed by atoms with E-state index in [1.165, 1.54) is 23.1 Å². The van der Waals surface area contributed by atoms with E-state index in [0.29, 0.717) is 5.69 Å². The molecular weight excluding hydrogens is 340 g/mol. The van der Waals surface area contributed by atoms with E-state index in [0.717, 1.165) is 6.08 Å². The number of benzene rings is 1. The summed E-state index contributed by atoms with van der Waals surface area (Å²) in [6.07, 6.45) is 3.81. The number of hydrogen-bond acceptors (Lipinski definition) is 6. The molecule has 0 spiro atoms. The van der Waals surface area contributed by atoms with Gasteiger partial charge in [-0.05, 0) is 24.3 Å². The molecule has 8 heteroatoms. The van der Waals surface area contributed by atoms with Gasteiger partial charge in [0.25, 0.3) is 5.91 Å². The van der Waals surface area contributed by atoms with E-state index in [1.54, 1.807) is 30.3 Å². The maximum absolute atomic E-state index is 12.3. The molecule has 0 unspecified atom stereocenters. The van der Waals surface area contributed by atoms with Gasteiger partial charge in [-0.25, -0.2) is 4.79 Å². The lowest BCUT2D eigenvalue weighted by Crippen LogP contribution is -2.34. The van der Waals surface area contributed by atoms with Gasteiger partial charge in [-0.1, -0.05) is 24.3 Å². The normalized spacial score (nSPS) is 10.5. The van der Waals surface area contributed by atoms with Gasteiger partial charge in [-0.2, -0.15) is 0 Å². The van der Waals surface area contributed by atoms with Gasteiger partial charge >= 0.3 is 11.9 Å². The van der Waals surface area contributed by atoms with Crippen LogP contribution in [0.5, 0.6) is 0 Å². The third-order valence-electron chi connectivity index (χ3n) is 3.19. The highest BCUT2D eigenvalue weighted by Gasteiger charge is 2.16. The third kappa shape index (κ3) is 5.17. The van der Waals surface area contributed by atoms with Gasteiger partial charge in [-0.15, -0.1) is 6.58 Å². The predicted octanol–water partition coefficient (Wildman–Crippen LogP) is 2.96. The first-order valence-corrected chi connectivity index (χ1v) is 7.56. The number of esters is 1. The van der Waals surface area contributed by atoms with Crippen LogP contribution in [0.2, 0.25) is 0 Å². The molecule has 0 bridgehead atoms. The Hall–Kier alpha value is -3.68. The van der Waals surface area contributed by atoms with Gasteiger partial charge < -0.3 is 14.1 Å². The summed E-state index contributed by atoms with van der Waals surface area (Å²) < 4.78 is 9.77. The minimum atomic E-state index is -0.774. The lowest BCUT2D eigenvalue weighted by molar-refractivity contribution is -0.402. The van der Waals surface area contributed by atoms with Gasteiger partial charge in [0.1, 0.15) is 10.7 Å². The van der Waals surface area contributed by atoms with Crippen LogP contribution in [0.1, 0.15) is 5.76 Å². The molecule has 1 amide bonds. The van der Waals surface area contributed by atoms with Crippen molar-refractivity contribution in [3.05, 3.63) is 77.1 Å². The Morgan fingerprint density at radius 3 is 2.58 bits per heavy atom. The summed E-state index contributed by atoms with van der Waals surface area (Å²) >= 11 is 0. The van der Waals surface area contributed by atoms with E-state index in [1.807, 2.05) is 6.07 Å². The predicted molar refractivity (Wildman–Crippen MR) is 94.3 cm³/mol. The van der Waals surface area contributed by atoms with E-state index in [2.05, 4.69) is 6.58 Å². The van der Waals surface area contributed by atoms with Crippen LogP contribution in [-0.4, -0.2) is 30.0 Å². The van der Waals surface area contributed by atoms with Crippen molar-refractivity contribution >= 4 is 29.5 Å². The number of nitrogens with zero attached hydrogens (tertiary/aromatic N) is 2. The number of carbonyl (C=O) groups excluding carboxylic acids is 2. The summed E-state index contributed by atoms with van der Waals surface area (Å²) in [4.78, 5) is 35.2. The number of hydrogen-bond donors (Lipinski definition) is 0. The minimum absolute atomic E-state index is 0.123. The molecule has 0 aliphatic heterocycles. The average Bonchev–Trinajstić information content (AvgIpc) is 3.12. The van der Waals surface area contributed by atoms with Crippen LogP contribution in [0.15, 0.2) is 65.6 Å². The molecule has 0 N–H and O–H groups in total. The number of nitro groups is 1. The van der Waals surface area contributed by atoms with Crippen molar-refractivity contribution in [1.29, 1.82) is 0 Å². The Labute approximate surface area is 149 Å². The molecular formula is C18H16N2O6. The molecule has 0 atom stereocenters. The monoisotopic (exact) mass is 356 g/mol. The summed E-state index contributed by atoms with van der Waals surface area (Å²) in [6.45, 7) is 3.43. The third-order valence-corrected chi connectivity index (χ3v) is 3.19. The quantitative estimate of drug-likeness (QED) is 0.237. The number of para-hydroxylation sites is 1. The molecule has 26 heavy (non-hydrogen) atoms. The van der Waals surface area contributed by atoms with Gasteiger partial charge in [0.2, 0.25) is 0 Å². The molecule has 0 saturated heterocycles. The highest BCUT2D eigenvalue weighted by atomic mass is 16.6. The zero-order valence-electron chi connectivity index (χ0n) is 13.7. The standard InChI is InChI=1S/C18H16N2O6/c1-2-12-19(14-6-4-3-5-7-14)16(21)13-25-18(22)11-9-15-8-10-17(26-15)20(23)24/h2-11H,1,12-13H2/b11-9+. The Morgan fingerprint density at radius 1 is 1.23 bits per heavy atom. The van der Waals surface area contributed by atoms with E-state index in [4.69, 9.17) is 9.15 Å². The zero-order valence-corrected chi connectivity index (χ0v) is 13.7. The molecule has 1 aromatic carbocycles. The SMILES string of the molecule is C=CCN(C(=O)COC(=O)/C=C/c1ccc([N+](=O)[O-])o1)c1ccccc1. The number of furan rings is 1. The summed E-state index contributed by atoms with van der Waals surface area (Å²) in [5, 5.41) is 10.5. The van der Waals surface area contributed by atoms with Crippen LogP contribution in [-0.2, 0) is 14.3 Å². The van der Waals surface area contributed by atoms with E-state index >= 15 is 0 Å². The lowest BCUT2D eigenvalue weighted by atomic mass is 10.3. The maximum atomic E-state index is 12.3. The fraction of sp³-hybridized carbons (Fsp3) is 0.111. The Kier molecular flexibility index (Phi) is 6.44. The van der Waals surface area contributed by atoms with E-state index < -0.39 is 29.3 Å². The fourth-order valence-corrected chi connectivity index (χ4v) is 2.03. The maximum Gasteiger partial charge on any atom is 0.433 e. The van der Waals surface area contributed by atoms with Gasteiger partial charge in [0.05, 0.1) is 6.07 Å². The minimum Gasteiger partial charge on any atom is -0.452 e. The second-order valence-corrected chi connectivity index (χ2v) is 5.00. The Morgan fingerprint density at radius 2 is 1.96 bits per heavy atom. The molecule has 1 heterocycles. The lowest BCUT2D eigenvalue weighted by Gasteiger charge is -2.20. The summed E-state index contributed by atoms with van der Waals surface area (Å²) in [5.74, 6) is -1.50. The molecule has 0 aliphatic carbocycles. The van der Waals surface area contributed by atoms with Crippen LogP contribution in [0, 0.1) is 10.1 Å². The van der Waals surface area contributed by atoms with Crippen molar-refractivity contribution in [2.75, 3.05) is 18.1 Å².